The predicted molar refractivity (Wildman–Crippen MR) is 234 cm³/mol. The summed E-state index contributed by atoms with van der Waals surface area (Å²) in [6, 6.07) is 74.0. The fraction of sp³-hybridized carbons (Fsp3) is 0.0185. The summed E-state index contributed by atoms with van der Waals surface area (Å²) in [5.74, 6) is 0. The fourth-order valence-electron chi connectivity index (χ4n) is 8.73. The molecule has 0 atom stereocenters. The molecule has 0 saturated heterocycles. The molecule has 57 heavy (non-hydrogen) atoms. The topological polar surface area (TPSA) is 20.3 Å². The molecule has 1 aliphatic rings. The number of pyridine rings is 1. The first-order valence-electron chi connectivity index (χ1n) is 19.5. The summed E-state index contributed by atoms with van der Waals surface area (Å²) in [6.45, 7) is 0. The van der Waals surface area contributed by atoms with E-state index in [4.69, 9.17) is 4.42 Å². The Bertz CT molecular complexity index is 3010. The lowest BCUT2D eigenvalue weighted by Gasteiger charge is -2.25. The molecule has 0 amide bonds. The van der Waals surface area contributed by atoms with Crippen LogP contribution in [0.3, 0.4) is 0 Å². The van der Waals surface area contributed by atoms with Crippen LogP contribution in [0.2, 0.25) is 0 Å². The van der Waals surface area contributed by atoms with Crippen molar-refractivity contribution in [3.63, 3.8) is 0 Å². The number of benzene rings is 8. The molecule has 8 aromatic carbocycles. The van der Waals surface area contributed by atoms with Gasteiger partial charge in [0, 0.05) is 51.0 Å². The highest BCUT2D eigenvalue weighted by Crippen LogP contribution is 2.44. The van der Waals surface area contributed by atoms with E-state index in [-0.39, 0.29) is 6.04 Å². The monoisotopic (exact) mass is 729 g/mol. The minimum Gasteiger partial charge on any atom is -0.455 e. The first-order chi connectivity index (χ1) is 28.3. The standard InChI is InChI=1S/C54H37N2O/c1-2-12-37(13-3-1)40-14-10-15-41(36-40)38-24-28-42(29-25-38)56(43-30-26-39(27-31-43)45-21-11-22-51-48-18-8-9-23-52(48)57-54(45)51)44-32-34-55(35-33-44)53-49-19-6-4-16-46(49)47-17-5-7-20-50(47)53/h1-36,53H/q+1. The molecule has 0 unspecified atom stereocenters. The van der Waals surface area contributed by atoms with Gasteiger partial charge in [-0.25, -0.2) is 0 Å². The summed E-state index contributed by atoms with van der Waals surface area (Å²) in [7, 11) is 0. The highest BCUT2D eigenvalue weighted by molar-refractivity contribution is 6.09. The molecule has 0 saturated carbocycles. The zero-order chi connectivity index (χ0) is 37.7. The van der Waals surface area contributed by atoms with Crippen LogP contribution in [0, 0.1) is 0 Å². The summed E-state index contributed by atoms with van der Waals surface area (Å²) in [5, 5.41) is 2.27. The van der Waals surface area contributed by atoms with Crippen molar-refractivity contribution in [1.29, 1.82) is 0 Å². The number of nitrogens with zero attached hydrogens (tertiary/aromatic N) is 2. The van der Waals surface area contributed by atoms with E-state index in [0.29, 0.717) is 0 Å². The molecule has 0 aliphatic heterocycles. The van der Waals surface area contributed by atoms with E-state index in [9.17, 15) is 0 Å². The SMILES string of the molecule is c1ccc(-c2cccc(-c3ccc(N(c4ccc(-c5cccc6c5oc5ccccc56)cc4)c4cc[n+](C5c6ccccc6-c6ccccc65)cc4)cc3)c2)cc1. The number of fused-ring (bicyclic) bond motifs is 6. The molecule has 2 heterocycles. The zero-order valence-corrected chi connectivity index (χ0v) is 31.2. The van der Waals surface area contributed by atoms with Crippen molar-refractivity contribution < 1.29 is 8.98 Å². The lowest BCUT2D eigenvalue weighted by molar-refractivity contribution is -0.704. The van der Waals surface area contributed by atoms with E-state index in [1.165, 1.54) is 44.5 Å². The van der Waals surface area contributed by atoms with Crippen molar-refractivity contribution in [2.45, 2.75) is 6.04 Å². The molecule has 0 N–H and O–H groups in total. The number of anilines is 3. The van der Waals surface area contributed by atoms with Gasteiger partial charge >= 0.3 is 0 Å². The zero-order valence-electron chi connectivity index (χ0n) is 31.2. The quantitative estimate of drug-likeness (QED) is 0.152. The van der Waals surface area contributed by atoms with Gasteiger partial charge in [0.15, 0.2) is 12.4 Å². The van der Waals surface area contributed by atoms with Gasteiger partial charge in [-0.3, -0.25) is 0 Å². The molecule has 3 heteroatoms. The van der Waals surface area contributed by atoms with Crippen LogP contribution in [0.1, 0.15) is 17.2 Å². The van der Waals surface area contributed by atoms with Crippen LogP contribution in [0.4, 0.5) is 17.1 Å². The second-order valence-electron chi connectivity index (χ2n) is 14.7. The van der Waals surface area contributed by atoms with Crippen LogP contribution in [0.25, 0.3) is 66.4 Å². The number of para-hydroxylation sites is 2. The van der Waals surface area contributed by atoms with Gasteiger partial charge in [0.2, 0.25) is 6.04 Å². The van der Waals surface area contributed by atoms with Gasteiger partial charge < -0.3 is 9.32 Å². The fourth-order valence-corrected chi connectivity index (χ4v) is 8.73. The second-order valence-corrected chi connectivity index (χ2v) is 14.7. The third-order valence-electron chi connectivity index (χ3n) is 11.5. The second kappa shape index (κ2) is 13.7. The Kier molecular flexibility index (Phi) is 7.89. The predicted octanol–water partition coefficient (Wildman–Crippen LogP) is 14.0. The third-order valence-corrected chi connectivity index (χ3v) is 11.5. The molecular formula is C54H37N2O+. The molecule has 0 bridgehead atoms. The molecule has 0 fully saturated rings. The first-order valence-corrected chi connectivity index (χ1v) is 19.5. The summed E-state index contributed by atoms with van der Waals surface area (Å²) in [5.41, 5.74) is 17.3. The first kappa shape index (κ1) is 32.9. The smallest absolute Gasteiger partial charge is 0.210 e. The van der Waals surface area contributed by atoms with Crippen LogP contribution in [0.15, 0.2) is 223 Å². The van der Waals surface area contributed by atoms with Crippen molar-refractivity contribution in [1.82, 2.24) is 0 Å². The van der Waals surface area contributed by atoms with Crippen LogP contribution in [-0.2, 0) is 0 Å². The van der Waals surface area contributed by atoms with E-state index < -0.39 is 0 Å². The number of aromatic nitrogens is 1. The maximum atomic E-state index is 6.42. The summed E-state index contributed by atoms with van der Waals surface area (Å²) < 4.78 is 8.76. The van der Waals surface area contributed by atoms with Crippen molar-refractivity contribution in [3.8, 4) is 44.5 Å². The third kappa shape index (κ3) is 5.71. The molecule has 268 valence electrons. The Morgan fingerprint density at radius 1 is 0.368 bits per heavy atom. The highest BCUT2D eigenvalue weighted by Gasteiger charge is 2.35. The summed E-state index contributed by atoms with van der Waals surface area (Å²) >= 11 is 0. The van der Waals surface area contributed by atoms with E-state index in [1.807, 2.05) is 12.1 Å². The largest absolute Gasteiger partial charge is 0.455 e. The van der Waals surface area contributed by atoms with Crippen LogP contribution in [-0.4, -0.2) is 0 Å². The van der Waals surface area contributed by atoms with Gasteiger partial charge in [0.1, 0.15) is 11.2 Å². The molecule has 0 spiro atoms. The van der Waals surface area contributed by atoms with Crippen molar-refractivity contribution in [2.75, 3.05) is 4.90 Å². The van der Waals surface area contributed by atoms with Crippen LogP contribution >= 0.6 is 0 Å². The minimum absolute atomic E-state index is 0.117. The minimum atomic E-state index is 0.117. The van der Waals surface area contributed by atoms with Gasteiger partial charge in [0.25, 0.3) is 0 Å². The molecule has 3 nitrogen and oxygen atoms in total. The van der Waals surface area contributed by atoms with Gasteiger partial charge in [0.05, 0.1) is 5.69 Å². The van der Waals surface area contributed by atoms with Crippen LogP contribution < -0.4 is 9.47 Å². The molecule has 2 aromatic heterocycles. The van der Waals surface area contributed by atoms with E-state index >= 15 is 0 Å². The Balaban J connectivity index is 0.982. The van der Waals surface area contributed by atoms with Gasteiger partial charge in [-0.1, -0.05) is 158 Å². The molecular weight excluding hydrogens is 693 g/mol. The van der Waals surface area contributed by atoms with Crippen LogP contribution in [0.5, 0.6) is 0 Å². The van der Waals surface area contributed by atoms with Crippen molar-refractivity contribution >= 4 is 39.0 Å². The number of furan rings is 1. The van der Waals surface area contributed by atoms with Gasteiger partial charge in [-0.2, -0.15) is 4.57 Å². The number of hydrogen-bond donors (Lipinski definition) is 0. The molecule has 1 aliphatic carbocycles. The Morgan fingerprint density at radius 3 is 1.54 bits per heavy atom. The van der Waals surface area contributed by atoms with Crippen molar-refractivity contribution in [3.05, 3.63) is 230 Å². The Labute approximate surface area is 332 Å². The average molecular weight is 730 g/mol. The van der Waals surface area contributed by atoms with E-state index in [1.54, 1.807) is 0 Å². The maximum absolute atomic E-state index is 6.42. The van der Waals surface area contributed by atoms with E-state index in [2.05, 4.69) is 216 Å². The number of hydrogen-bond acceptors (Lipinski definition) is 2. The van der Waals surface area contributed by atoms with E-state index in [0.717, 1.165) is 50.1 Å². The molecule has 0 radical (unpaired) electrons. The highest BCUT2D eigenvalue weighted by atomic mass is 16.3. The average Bonchev–Trinajstić information content (AvgIpc) is 3.84. The van der Waals surface area contributed by atoms with Gasteiger partial charge in [-0.15, -0.1) is 0 Å². The number of rotatable bonds is 7. The molecule has 10 aromatic rings. The lowest BCUT2D eigenvalue weighted by atomic mass is 9.99. The maximum Gasteiger partial charge on any atom is 0.210 e. The van der Waals surface area contributed by atoms with Gasteiger partial charge in [-0.05, 0) is 75.3 Å². The normalized spacial score (nSPS) is 12.1. The lowest BCUT2D eigenvalue weighted by Crippen LogP contribution is -2.39. The molecule has 11 rings (SSSR count). The Hall–Kier alpha value is -7.49. The Morgan fingerprint density at radius 2 is 0.860 bits per heavy atom. The summed E-state index contributed by atoms with van der Waals surface area (Å²) in [6.07, 6.45) is 4.46. The summed E-state index contributed by atoms with van der Waals surface area (Å²) in [4.78, 5) is 2.34. The van der Waals surface area contributed by atoms with Crippen molar-refractivity contribution in [2.24, 2.45) is 0 Å².